The van der Waals surface area contributed by atoms with Gasteiger partial charge < -0.3 is 9.47 Å². The molecule has 2 unspecified atom stereocenters. The monoisotopic (exact) mass is 306 g/mol. The molecule has 0 radical (unpaired) electrons. The van der Waals surface area contributed by atoms with Crippen molar-refractivity contribution in [2.24, 2.45) is 17.3 Å². The topological polar surface area (TPSA) is 69.7 Å². The maximum Gasteiger partial charge on any atom is 0.323 e. The average molecular weight is 306 g/mol. The molecule has 1 saturated carbocycles. The molecule has 0 heterocycles. The van der Waals surface area contributed by atoms with E-state index < -0.39 is 17.4 Å². The third-order valence-corrected chi connectivity index (χ3v) is 4.96. The van der Waals surface area contributed by atoms with Crippen LogP contribution in [0.2, 0.25) is 0 Å². The highest BCUT2D eigenvalue weighted by Crippen LogP contribution is 2.53. The van der Waals surface area contributed by atoms with E-state index in [0.29, 0.717) is 25.7 Å². The summed E-state index contributed by atoms with van der Waals surface area (Å²) in [4.78, 5) is 36.0. The summed E-state index contributed by atoms with van der Waals surface area (Å²) in [5.74, 6) is -0.922. The van der Waals surface area contributed by atoms with Gasteiger partial charge in [0, 0.05) is 0 Å². The lowest BCUT2D eigenvalue weighted by atomic mass is 9.83. The summed E-state index contributed by atoms with van der Waals surface area (Å²) in [6, 6.07) is 0. The van der Waals surface area contributed by atoms with Crippen LogP contribution in [-0.2, 0) is 23.9 Å². The molecule has 0 amide bonds. The molecule has 2 aliphatic rings. The van der Waals surface area contributed by atoms with E-state index in [-0.39, 0.29) is 17.6 Å². The minimum absolute atomic E-state index is 0.0197. The van der Waals surface area contributed by atoms with Crippen LogP contribution in [0.1, 0.15) is 32.6 Å². The van der Waals surface area contributed by atoms with Gasteiger partial charge in [0.2, 0.25) is 0 Å². The Balaban J connectivity index is 2.34. The van der Waals surface area contributed by atoms with Gasteiger partial charge in [-0.05, 0) is 50.0 Å². The first-order valence-electron chi connectivity index (χ1n) is 7.40. The highest BCUT2D eigenvalue weighted by Gasteiger charge is 2.57. The molecule has 0 aliphatic heterocycles. The van der Waals surface area contributed by atoms with Gasteiger partial charge in [-0.1, -0.05) is 18.2 Å². The number of hydrogen-bond donors (Lipinski definition) is 0. The summed E-state index contributed by atoms with van der Waals surface area (Å²) < 4.78 is 9.71. The third-order valence-electron chi connectivity index (χ3n) is 4.96. The molecule has 2 rings (SSSR count). The van der Waals surface area contributed by atoms with Crippen molar-refractivity contribution in [3.63, 3.8) is 0 Å². The van der Waals surface area contributed by atoms with E-state index in [1.54, 1.807) is 6.92 Å². The normalized spacial score (nSPS) is 26.5. The number of ketones is 1. The van der Waals surface area contributed by atoms with E-state index in [1.807, 2.05) is 6.08 Å². The van der Waals surface area contributed by atoms with Crippen LogP contribution in [-0.4, -0.2) is 31.9 Å². The first kappa shape index (κ1) is 16.5. The molecule has 1 fully saturated rings. The Labute approximate surface area is 130 Å². The molecule has 0 spiro atoms. The fraction of sp³-hybridized carbons (Fsp3) is 0.588. The van der Waals surface area contributed by atoms with Gasteiger partial charge in [0.05, 0.1) is 14.2 Å². The quantitative estimate of drug-likeness (QED) is 0.454. The smallest absolute Gasteiger partial charge is 0.323 e. The fourth-order valence-electron chi connectivity index (χ4n) is 3.76. The van der Waals surface area contributed by atoms with Crippen LogP contribution < -0.4 is 0 Å². The molecule has 120 valence electrons. The van der Waals surface area contributed by atoms with Crippen molar-refractivity contribution < 1.29 is 23.9 Å². The molecule has 5 nitrogen and oxygen atoms in total. The molecular formula is C17H22O5. The second-order valence-electron chi connectivity index (χ2n) is 6.20. The summed E-state index contributed by atoms with van der Waals surface area (Å²) in [6.45, 7) is 5.64. The zero-order chi connectivity index (χ0) is 16.5. The van der Waals surface area contributed by atoms with E-state index in [9.17, 15) is 14.4 Å². The predicted octanol–water partition coefficient (Wildman–Crippen LogP) is 2.21. The van der Waals surface area contributed by atoms with Crippen LogP contribution in [0.15, 0.2) is 23.8 Å². The van der Waals surface area contributed by atoms with Gasteiger partial charge in [-0.15, -0.1) is 0 Å². The predicted molar refractivity (Wildman–Crippen MR) is 79.8 cm³/mol. The SMILES string of the molecule is C=C1CC(C(C)=O)=CCC2CC(C(=O)OC)(C(=O)OC)CC12. The van der Waals surface area contributed by atoms with Crippen molar-refractivity contribution in [2.45, 2.75) is 32.6 Å². The second-order valence-corrected chi connectivity index (χ2v) is 6.20. The van der Waals surface area contributed by atoms with Crippen molar-refractivity contribution in [2.75, 3.05) is 14.2 Å². The van der Waals surface area contributed by atoms with Crippen LogP contribution in [0.25, 0.3) is 0 Å². The molecule has 2 atom stereocenters. The van der Waals surface area contributed by atoms with Crippen LogP contribution >= 0.6 is 0 Å². The van der Waals surface area contributed by atoms with Crippen molar-refractivity contribution in [3.8, 4) is 0 Å². The van der Waals surface area contributed by atoms with Crippen LogP contribution in [0.5, 0.6) is 0 Å². The average Bonchev–Trinajstić information content (AvgIpc) is 2.83. The second kappa shape index (κ2) is 6.07. The standard InChI is InChI=1S/C17H22O5/c1-10-7-12(11(2)18)5-6-13-8-17(9-14(10)13,15(19)21-3)16(20)22-4/h5,13-14H,1,6-9H2,2-4H3. The largest absolute Gasteiger partial charge is 0.468 e. The van der Waals surface area contributed by atoms with Gasteiger partial charge in [0.15, 0.2) is 11.2 Å². The third kappa shape index (κ3) is 2.60. The highest BCUT2D eigenvalue weighted by atomic mass is 16.5. The molecule has 5 heteroatoms. The van der Waals surface area contributed by atoms with Gasteiger partial charge in [-0.2, -0.15) is 0 Å². The summed E-state index contributed by atoms with van der Waals surface area (Å²) >= 11 is 0. The molecular weight excluding hydrogens is 284 g/mol. The van der Waals surface area contributed by atoms with Crippen molar-refractivity contribution in [1.29, 1.82) is 0 Å². The Morgan fingerprint density at radius 3 is 2.27 bits per heavy atom. The van der Waals surface area contributed by atoms with Crippen molar-refractivity contribution in [1.82, 2.24) is 0 Å². The van der Waals surface area contributed by atoms with Crippen LogP contribution in [0.4, 0.5) is 0 Å². The van der Waals surface area contributed by atoms with E-state index in [0.717, 1.165) is 11.1 Å². The maximum atomic E-state index is 12.2. The lowest BCUT2D eigenvalue weighted by molar-refractivity contribution is -0.169. The Hall–Kier alpha value is -1.91. The number of allylic oxidation sites excluding steroid dienone is 3. The van der Waals surface area contributed by atoms with E-state index >= 15 is 0 Å². The molecule has 0 aromatic heterocycles. The van der Waals surface area contributed by atoms with Gasteiger partial charge in [0.1, 0.15) is 0 Å². The summed E-state index contributed by atoms with van der Waals surface area (Å²) in [5, 5.41) is 0. The van der Waals surface area contributed by atoms with Gasteiger partial charge in [-0.3, -0.25) is 14.4 Å². The number of carbonyl (C=O) groups excluding carboxylic acids is 3. The summed E-state index contributed by atoms with van der Waals surface area (Å²) in [6.07, 6.45) is 3.80. The number of rotatable bonds is 3. The molecule has 0 aromatic rings. The number of fused-ring (bicyclic) bond motifs is 1. The van der Waals surface area contributed by atoms with Gasteiger partial charge in [0.25, 0.3) is 0 Å². The number of methoxy groups -OCH3 is 2. The lowest BCUT2D eigenvalue weighted by Gasteiger charge is -2.23. The molecule has 0 aromatic carbocycles. The number of carbonyl (C=O) groups is 3. The van der Waals surface area contributed by atoms with Gasteiger partial charge in [-0.25, -0.2) is 0 Å². The first-order chi connectivity index (χ1) is 10.4. The number of hydrogen-bond acceptors (Lipinski definition) is 5. The van der Waals surface area contributed by atoms with Crippen molar-refractivity contribution in [3.05, 3.63) is 23.8 Å². The first-order valence-corrected chi connectivity index (χ1v) is 7.40. The van der Waals surface area contributed by atoms with E-state index in [1.165, 1.54) is 14.2 Å². The zero-order valence-corrected chi connectivity index (χ0v) is 13.3. The van der Waals surface area contributed by atoms with Crippen LogP contribution in [0.3, 0.4) is 0 Å². The summed E-state index contributed by atoms with van der Waals surface area (Å²) in [7, 11) is 2.56. The Morgan fingerprint density at radius 1 is 1.18 bits per heavy atom. The van der Waals surface area contributed by atoms with Crippen LogP contribution in [0, 0.1) is 17.3 Å². The Morgan fingerprint density at radius 2 is 1.77 bits per heavy atom. The summed E-state index contributed by atoms with van der Waals surface area (Å²) in [5.41, 5.74) is 0.420. The number of Topliss-reactive ketones (excluding diaryl/α,β-unsaturated/α-hetero) is 1. The number of ether oxygens (including phenoxy) is 2. The minimum Gasteiger partial charge on any atom is -0.468 e. The number of esters is 2. The maximum absolute atomic E-state index is 12.2. The fourth-order valence-corrected chi connectivity index (χ4v) is 3.76. The van der Waals surface area contributed by atoms with E-state index in [4.69, 9.17) is 9.47 Å². The van der Waals surface area contributed by atoms with E-state index in [2.05, 4.69) is 6.58 Å². The molecule has 0 N–H and O–H groups in total. The van der Waals surface area contributed by atoms with Crippen molar-refractivity contribution >= 4 is 17.7 Å². The van der Waals surface area contributed by atoms with Gasteiger partial charge >= 0.3 is 11.9 Å². The zero-order valence-electron chi connectivity index (χ0n) is 13.3. The molecule has 0 saturated heterocycles. The Bertz CT molecular complexity index is 541. The molecule has 0 bridgehead atoms. The molecule has 2 aliphatic carbocycles. The Kier molecular flexibility index (Phi) is 4.54. The minimum atomic E-state index is -1.25. The highest BCUT2D eigenvalue weighted by molar-refractivity contribution is 6.00. The lowest BCUT2D eigenvalue weighted by Crippen LogP contribution is -2.39. The molecule has 22 heavy (non-hydrogen) atoms.